The first-order valence-electron chi connectivity index (χ1n) is 9.70. The van der Waals surface area contributed by atoms with E-state index in [0.29, 0.717) is 23.3 Å². The van der Waals surface area contributed by atoms with Crippen LogP contribution >= 0.6 is 0 Å². The molecular formula is C21H28N2O4. The van der Waals surface area contributed by atoms with Gasteiger partial charge in [0.2, 0.25) is 0 Å². The molecule has 3 fully saturated rings. The molecule has 4 heterocycles. The minimum atomic E-state index is 0.00755. The lowest BCUT2D eigenvalue weighted by Gasteiger charge is -2.35. The number of rotatable bonds is 5. The minimum Gasteiger partial charge on any atom is -0.497 e. The summed E-state index contributed by atoms with van der Waals surface area (Å²) in [5.41, 5.74) is 1.61. The van der Waals surface area contributed by atoms with Gasteiger partial charge >= 0.3 is 0 Å². The van der Waals surface area contributed by atoms with Gasteiger partial charge in [-0.3, -0.25) is 9.69 Å². The van der Waals surface area contributed by atoms with E-state index in [9.17, 15) is 4.79 Å². The van der Waals surface area contributed by atoms with E-state index < -0.39 is 0 Å². The third-order valence-electron chi connectivity index (χ3n) is 6.04. The van der Waals surface area contributed by atoms with Crippen molar-refractivity contribution < 1.29 is 18.7 Å². The number of hydrogen-bond donors (Lipinski definition) is 0. The van der Waals surface area contributed by atoms with Crippen molar-refractivity contribution in [2.75, 3.05) is 47.0 Å². The number of nitrogens with zero attached hydrogens (tertiary/aromatic N) is 2. The van der Waals surface area contributed by atoms with Gasteiger partial charge in [0.25, 0.3) is 5.91 Å². The summed E-state index contributed by atoms with van der Waals surface area (Å²) < 4.78 is 16.5. The molecule has 3 aliphatic heterocycles. The second-order valence-corrected chi connectivity index (χ2v) is 7.71. The summed E-state index contributed by atoms with van der Waals surface area (Å²) in [7, 11) is 3.37. The molecule has 0 saturated carbocycles. The smallest absolute Gasteiger partial charge is 0.289 e. The zero-order valence-corrected chi connectivity index (χ0v) is 16.4. The van der Waals surface area contributed by atoms with Gasteiger partial charge in [-0.15, -0.1) is 0 Å². The van der Waals surface area contributed by atoms with Gasteiger partial charge in [-0.05, 0) is 37.8 Å². The number of aryl methyl sites for hydroxylation is 1. The van der Waals surface area contributed by atoms with Crippen molar-refractivity contribution in [3.05, 3.63) is 29.5 Å². The average Bonchev–Trinajstić information content (AvgIpc) is 2.84. The van der Waals surface area contributed by atoms with Gasteiger partial charge in [0.05, 0.1) is 13.7 Å². The van der Waals surface area contributed by atoms with E-state index in [4.69, 9.17) is 13.9 Å². The van der Waals surface area contributed by atoms with E-state index in [2.05, 4.69) is 4.90 Å². The molecule has 1 aromatic carbocycles. The van der Waals surface area contributed by atoms with Crippen LogP contribution in [0, 0.1) is 12.8 Å². The molecule has 1 aromatic heterocycles. The fourth-order valence-corrected chi connectivity index (χ4v) is 4.51. The molecule has 6 heteroatoms. The normalized spacial score (nSPS) is 23.0. The molecule has 6 nitrogen and oxygen atoms in total. The Bertz CT molecular complexity index is 831. The highest BCUT2D eigenvalue weighted by Gasteiger charge is 2.37. The molecule has 2 atom stereocenters. The third kappa shape index (κ3) is 3.44. The second kappa shape index (κ2) is 7.52. The van der Waals surface area contributed by atoms with Gasteiger partial charge < -0.3 is 18.8 Å². The van der Waals surface area contributed by atoms with E-state index in [1.165, 1.54) is 6.42 Å². The Balaban J connectivity index is 1.58. The molecule has 0 unspecified atom stereocenters. The first-order chi connectivity index (χ1) is 13.1. The Hall–Kier alpha value is -2.05. The molecule has 1 amide bonds. The van der Waals surface area contributed by atoms with Gasteiger partial charge in [0.15, 0.2) is 5.76 Å². The standard InChI is InChI=1S/C21H28N2O4/c1-14-18-7-6-17(26-3)10-19(18)27-20(14)21(24)23-12-15-4-5-16(13-23)22(11-15)8-9-25-2/h6-7,10,15-16H,4-5,8-9,11-13H2,1-3H3/t15-,16-/m1/s1. The summed E-state index contributed by atoms with van der Waals surface area (Å²) >= 11 is 0. The van der Waals surface area contributed by atoms with Crippen molar-refractivity contribution in [1.82, 2.24) is 9.80 Å². The summed E-state index contributed by atoms with van der Waals surface area (Å²) in [6.45, 7) is 6.25. The number of carbonyl (C=O) groups is 1. The molecule has 3 saturated heterocycles. The van der Waals surface area contributed by atoms with Crippen LogP contribution in [-0.4, -0.2) is 68.8 Å². The van der Waals surface area contributed by atoms with Crippen LogP contribution in [0.2, 0.25) is 0 Å². The first kappa shape index (κ1) is 18.3. The van der Waals surface area contributed by atoms with Crippen LogP contribution in [-0.2, 0) is 4.74 Å². The van der Waals surface area contributed by atoms with Gasteiger partial charge in [0.1, 0.15) is 11.3 Å². The van der Waals surface area contributed by atoms with Crippen LogP contribution < -0.4 is 4.74 Å². The Morgan fingerprint density at radius 3 is 2.85 bits per heavy atom. The number of benzene rings is 1. The quantitative estimate of drug-likeness (QED) is 0.808. The van der Waals surface area contributed by atoms with Gasteiger partial charge in [0, 0.05) is 56.3 Å². The number of piperidine rings is 1. The Morgan fingerprint density at radius 2 is 2.07 bits per heavy atom. The van der Waals surface area contributed by atoms with Crippen LogP contribution in [0.25, 0.3) is 11.0 Å². The van der Waals surface area contributed by atoms with Crippen molar-refractivity contribution in [3.8, 4) is 5.75 Å². The molecule has 3 aliphatic rings. The molecule has 0 radical (unpaired) electrons. The lowest BCUT2D eigenvalue weighted by Crippen LogP contribution is -2.45. The lowest BCUT2D eigenvalue weighted by molar-refractivity contribution is 0.0690. The number of hydrogen-bond acceptors (Lipinski definition) is 5. The van der Waals surface area contributed by atoms with Gasteiger partial charge in [-0.1, -0.05) is 0 Å². The number of amides is 1. The van der Waals surface area contributed by atoms with Crippen LogP contribution in [0.1, 0.15) is 29.0 Å². The number of ether oxygens (including phenoxy) is 2. The number of furan rings is 1. The third-order valence-corrected chi connectivity index (χ3v) is 6.04. The SMILES string of the molecule is COCCN1C[C@H]2CC[C@@H]1CN(C(=O)c1oc3cc(OC)ccc3c1C)C2. The van der Waals surface area contributed by atoms with Crippen molar-refractivity contribution >= 4 is 16.9 Å². The molecule has 2 aromatic rings. The molecule has 5 rings (SSSR count). The second-order valence-electron chi connectivity index (χ2n) is 7.71. The summed E-state index contributed by atoms with van der Waals surface area (Å²) in [5.74, 6) is 1.72. The van der Waals surface area contributed by atoms with Crippen molar-refractivity contribution in [2.24, 2.45) is 5.92 Å². The fraction of sp³-hybridized carbons (Fsp3) is 0.571. The topological polar surface area (TPSA) is 55.2 Å². The summed E-state index contributed by atoms with van der Waals surface area (Å²) in [6, 6.07) is 6.12. The molecule has 146 valence electrons. The van der Waals surface area contributed by atoms with Crippen molar-refractivity contribution in [2.45, 2.75) is 25.8 Å². The first-order valence-corrected chi connectivity index (χ1v) is 9.70. The Morgan fingerprint density at radius 1 is 1.22 bits per heavy atom. The Labute approximate surface area is 160 Å². The highest BCUT2D eigenvalue weighted by molar-refractivity contribution is 5.99. The van der Waals surface area contributed by atoms with E-state index in [0.717, 1.165) is 55.9 Å². The largest absolute Gasteiger partial charge is 0.497 e. The predicted molar refractivity (Wildman–Crippen MR) is 103 cm³/mol. The van der Waals surface area contributed by atoms with Crippen LogP contribution in [0.3, 0.4) is 0 Å². The molecule has 0 spiro atoms. The maximum atomic E-state index is 13.3. The molecule has 27 heavy (non-hydrogen) atoms. The maximum Gasteiger partial charge on any atom is 0.289 e. The lowest BCUT2D eigenvalue weighted by atomic mass is 9.95. The molecule has 0 N–H and O–H groups in total. The number of methoxy groups -OCH3 is 2. The van der Waals surface area contributed by atoms with E-state index in [-0.39, 0.29) is 5.91 Å². The van der Waals surface area contributed by atoms with E-state index >= 15 is 0 Å². The van der Waals surface area contributed by atoms with E-state index in [1.807, 2.05) is 30.0 Å². The fourth-order valence-electron chi connectivity index (χ4n) is 4.51. The highest BCUT2D eigenvalue weighted by atomic mass is 16.5. The number of carbonyl (C=O) groups excluding carboxylic acids is 1. The summed E-state index contributed by atoms with van der Waals surface area (Å²) in [4.78, 5) is 17.8. The molecule has 0 aliphatic carbocycles. The average molecular weight is 372 g/mol. The molecule has 2 bridgehead atoms. The predicted octanol–water partition coefficient (Wildman–Crippen LogP) is 2.93. The zero-order valence-electron chi connectivity index (χ0n) is 16.4. The highest BCUT2D eigenvalue weighted by Crippen LogP contribution is 2.32. The minimum absolute atomic E-state index is 0.00755. The van der Waals surface area contributed by atoms with Gasteiger partial charge in [-0.2, -0.15) is 0 Å². The summed E-state index contributed by atoms with van der Waals surface area (Å²) in [5, 5.41) is 0.971. The van der Waals surface area contributed by atoms with E-state index in [1.54, 1.807) is 14.2 Å². The molecular weight excluding hydrogens is 344 g/mol. The van der Waals surface area contributed by atoms with Crippen LogP contribution in [0.5, 0.6) is 5.75 Å². The van der Waals surface area contributed by atoms with Crippen LogP contribution in [0.4, 0.5) is 0 Å². The zero-order chi connectivity index (χ0) is 19.0. The van der Waals surface area contributed by atoms with Crippen LogP contribution in [0.15, 0.2) is 22.6 Å². The summed E-state index contributed by atoms with van der Waals surface area (Å²) in [6.07, 6.45) is 2.34. The number of fused-ring (bicyclic) bond motifs is 5. The van der Waals surface area contributed by atoms with Crippen molar-refractivity contribution in [3.63, 3.8) is 0 Å². The van der Waals surface area contributed by atoms with Gasteiger partial charge in [-0.25, -0.2) is 0 Å². The monoisotopic (exact) mass is 372 g/mol. The maximum absolute atomic E-state index is 13.3. The van der Waals surface area contributed by atoms with Crippen molar-refractivity contribution in [1.29, 1.82) is 0 Å². The Kier molecular flexibility index (Phi) is 5.10.